The summed E-state index contributed by atoms with van der Waals surface area (Å²) in [6, 6.07) is 8.98. The van der Waals surface area contributed by atoms with Crippen LogP contribution < -0.4 is 20.6 Å². The van der Waals surface area contributed by atoms with Crippen LogP contribution in [0.25, 0.3) is 22.3 Å². The minimum Gasteiger partial charge on any atom is -0.595 e. The Kier molecular flexibility index (Phi) is 11.2. The molecule has 0 fully saturated rings. The van der Waals surface area contributed by atoms with Gasteiger partial charge in [0.2, 0.25) is 11.8 Å². The number of nitrogens with zero attached hydrogens (tertiary/aromatic N) is 4. The predicted octanol–water partition coefficient (Wildman–Crippen LogP) is 4.16. The molecule has 2 aromatic carbocycles. The van der Waals surface area contributed by atoms with Crippen molar-refractivity contribution in [3.63, 3.8) is 0 Å². The van der Waals surface area contributed by atoms with Gasteiger partial charge >= 0.3 is 6.96 Å². The smallest absolute Gasteiger partial charge is 0.595 e. The molecule has 4 aromatic rings. The molecule has 59 heavy (non-hydrogen) atoms. The van der Waals surface area contributed by atoms with Crippen LogP contribution in [-0.2, 0) is 51.6 Å². The van der Waals surface area contributed by atoms with E-state index in [1.54, 1.807) is 0 Å². The van der Waals surface area contributed by atoms with Crippen molar-refractivity contribution in [2.24, 2.45) is 10.3 Å². The molecule has 2 aromatic heterocycles. The number of hydrogen-bond donors (Lipinski definition) is 0. The normalized spacial score (nSPS) is 16.8. The largest absolute Gasteiger partial charge is 0.819 e. The minimum atomic E-state index is -4.22. The third kappa shape index (κ3) is 7.99. The molecule has 0 radical (unpaired) electrons. The van der Waals surface area contributed by atoms with E-state index >= 15 is 8.78 Å². The Morgan fingerprint density at radius 2 is 1.00 bits per heavy atom. The molecule has 2 aliphatic rings. The van der Waals surface area contributed by atoms with Gasteiger partial charge in [0.1, 0.15) is 44.3 Å². The summed E-state index contributed by atoms with van der Waals surface area (Å²) in [5, 5.41) is 7.44. The molecule has 4 heterocycles. The first-order valence-corrected chi connectivity index (χ1v) is 21.2. The van der Waals surface area contributed by atoms with Crippen molar-refractivity contribution >= 4 is 38.4 Å². The van der Waals surface area contributed by atoms with Gasteiger partial charge < -0.3 is 37.4 Å². The number of halogens is 4. The molecule has 0 saturated carbocycles. The number of benzene rings is 2. The van der Waals surface area contributed by atoms with E-state index in [4.69, 9.17) is 28.3 Å². The average Bonchev–Trinajstić information content (AvgIpc) is 3.80. The number of rotatable bonds is 14. The molecule has 23 heteroatoms. The Balaban J connectivity index is 1.18. The summed E-state index contributed by atoms with van der Waals surface area (Å²) in [4.78, 5) is 26.1. The lowest BCUT2D eigenvalue weighted by molar-refractivity contribution is 0.0889. The van der Waals surface area contributed by atoms with Crippen molar-refractivity contribution in [3.8, 4) is 33.8 Å². The lowest BCUT2D eigenvalue weighted by Crippen LogP contribution is -2.52. The quantitative estimate of drug-likeness (QED) is 0.130. The van der Waals surface area contributed by atoms with E-state index in [0.717, 1.165) is 58.3 Å². The first kappa shape index (κ1) is 42.8. The second-order valence-corrected chi connectivity index (χ2v) is 19.0. The molecular formula is C36H36BF4N4O12S2-. The Morgan fingerprint density at radius 1 is 0.627 bits per heavy atom. The number of aryl methyl sites for hydroxylation is 2. The predicted molar refractivity (Wildman–Crippen MR) is 206 cm³/mol. The van der Waals surface area contributed by atoms with E-state index in [9.17, 15) is 35.2 Å². The first-order valence-electron chi connectivity index (χ1n) is 17.5. The van der Waals surface area contributed by atoms with Gasteiger partial charge in [-0.3, -0.25) is 9.59 Å². The number of sulfone groups is 2. The van der Waals surface area contributed by atoms with Gasteiger partial charge in [0.15, 0.2) is 19.7 Å². The Hall–Kier alpha value is -5.84. The van der Waals surface area contributed by atoms with Crippen LogP contribution in [0.3, 0.4) is 0 Å². The fourth-order valence-corrected chi connectivity index (χ4v) is 7.95. The van der Waals surface area contributed by atoms with E-state index in [-0.39, 0.29) is 33.8 Å². The summed E-state index contributed by atoms with van der Waals surface area (Å²) in [6.45, 7) is -2.12. The molecule has 16 nitrogen and oxygen atoms in total. The van der Waals surface area contributed by atoms with Crippen molar-refractivity contribution in [1.82, 2.24) is 9.13 Å². The highest BCUT2D eigenvalue weighted by Gasteiger charge is 2.60. The SMILES string of the molecule is COc1ccc(-c2cc(=O)n(CC[C@](C)(C3=NO[B-]4(ON=C([C@@](C)(CCn5cc(F)c(-c6ccc(OC)cc6F)cc5=O)S(C)(=O)=O)O4)O3)S(C)(=O)=O)cc2F)c(F)c1. The molecule has 2 atom stereocenters. The van der Waals surface area contributed by atoms with Crippen molar-refractivity contribution < 1.29 is 62.7 Å². The summed E-state index contributed by atoms with van der Waals surface area (Å²) < 4.78 is 142. The van der Waals surface area contributed by atoms with Crippen LogP contribution in [0.2, 0.25) is 0 Å². The van der Waals surface area contributed by atoms with Gasteiger partial charge in [-0.15, -0.1) is 0 Å². The van der Waals surface area contributed by atoms with Crippen molar-refractivity contribution in [2.75, 3.05) is 26.7 Å². The van der Waals surface area contributed by atoms with Gasteiger partial charge in [-0.1, -0.05) is 10.3 Å². The Bertz CT molecular complexity index is 2580. The summed E-state index contributed by atoms with van der Waals surface area (Å²) in [7, 11) is -5.80. The van der Waals surface area contributed by atoms with Crippen molar-refractivity contribution in [2.45, 2.75) is 49.3 Å². The third-order valence-corrected chi connectivity index (χ3v) is 14.4. The van der Waals surface area contributed by atoms with Crippen LogP contribution in [0.15, 0.2) is 80.8 Å². The second kappa shape index (κ2) is 15.4. The molecule has 316 valence electrons. The number of ether oxygens (including phenoxy) is 2. The maximum absolute atomic E-state index is 15.3. The average molecular weight is 868 g/mol. The van der Waals surface area contributed by atoms with Gasteiger partial charge in [0.25, 0.3) is 11.1 Å². The van der Waals surface area contributed by atoms with E-state index in [1.807, 2.05) is 0 Å². The second-order valence-electron chi connectivity index (χ2n) is 14.1. The third-order valence-electron chi connectivity index (χ3n) is 10.3. The molecular weight excluding hydrogens is 831 g/mol. The van der Waals surface area contributed by atoms with Gasteiger partial charge in [-0.25, -0.2) is 34.4 Å². The lowest BCUT2D eigenvalue weighted by atomic mass is 10.0. The van der Waals surface area contributed by atoms with Gasteiger partial charge in [-0.05, 0) is 51.0 Å². The lowest BCUT2D eigenvalue weighted by Gasteiger charge is -2.33. The van der Waals surface area contributed by atoms with Gasteiger partial charge in [0, 0.05) is 84.5 Å². The zero-order chi connectivity index (χ0) is 43.3. The summed E-state index contributed by atoms with van der Waals surface area (Å²) in [6.07, 6.45) is 2.30. The number of methoxy groups -OCH3 is 2. The fraction of sp³-hybridized carbons (Fsp3) is 0.333. The molecule has 6 rings (SSSR count). The molecule has 2 aliphatic heterocycles. The standard InChI is InChI=1S/C36H36BF4N4O12S2/c1-35(58(5,48)49,11-13-44-19-29(40)25(17-31(44)46)23-9-7-21(52-3)15-27(23)38)33-42-56-37(54-33)55-34(43-57-37)36(2,59(6,50)51)12-14-45-20-30(41)26(18-32(45)47)24-10-8-22(53-4)16-28(24)39/h7-10,15-20H,11-14H2,1-6H3/q-1/t35-,36-,37?/m1/s1. The first-order chi connectivity index (χ1) is 27.5. The molecule has 1 spiro atoms. The minimum absolute atomic E-state index is 0.171. The fourth-order valence-electron chi connectivity index (χ4n) is 6.22. The van der Waals surface area contributed by atoms with Crippen LogP contribution in [0.5, 0.6) is 11.5 Å². The van der Waals surface area contributed by atoms with Crippen molar-refractivity contribution in [1.29, 1.82) is 0 Å². The Labute approximate surface area is 334 Å². The van der Waals surface area contributed by atoms with Gasteiger partial charge in [-0.2, -0.15) is 0 Å². The summed E-state index contributed by atoms with van der Waals surface area (Å²) in [5.74, 6) is -4.61. The van der Waals surface area contributed by atoms with Crippen LogP contribution in [-0.4, -0.2) is 80.9 Å². The number of aromatic nitrogens is 2. The molecule has 0 saturated heterocycles. The van der Waals surface area contributed by atoms with E-state index < -0.39 is 108 Å². The van der Waals surface area contributed by atoms with Crippen LogP contribution in [0.1, 0.15) is 26.7 Å². The Morgan fingerprint density at radius 3 is 1.32 bits per heavy atom. The number of oxime groups is 2. The molecule has 0 bridgehead atoms. The topological polar surface area (TPSA) is 192 Å². The zero-order valence-corrected chi connectivity index (χ0v) is 33.8. The molecule has 0 amide bonds. The van der Waals surface area contributed by atoms with E-state index in [0.29, 0.717) is 0 Å². The van der Waals surface area contributed by atoms with Gasteiger partial charge in [0.05, 0.1) is 14.2 Å². The van der Waals surface area contributed by atoms with Crippen LogP contribution in [0.4, 0.5) is 17.6 Å². The maximum Gasteiger partial charge on any atom is 0.819 e. The van der Waals surface area contributed by atoms with E-state index in [1.165, 1.54) is 52.3 Å². The van der Waals surface area contributed by atoms with Crippen LogP contribution in [0, 0.1) is 23.3 Å². The van der Waals surface area contributed by atoms with Crippen LogP contribution >= 0.6 is 0 Å². The highest BCUT2D eigenvalue weighted by Crippen LogP contribution is 2.37. The highest BCUT2D eigenvalue weighted by atomic mass is 32.2. The molecule has 0 aliphatic carbocycles. The van der Waals surface area contributed by atoms with E-state index in [2.05, 4.69) is 10.3 Å². The zero-order valence-electron chi connectivity index (χ0n) is 32.2. The number of hydrogen-bond acceptors (Lipinski definition) is 14. The maximum atomic E-state index is 15.3. The van der Waals surface area contributed by atoms with Crippen molar-refractivity contribution in [3.05, 3.63) is 105 Å². The number of pyridine rings is 2. The summed E-state index contributed by atoms with van der Waals surface area (Å²) >= 11 is 0. The monoisotopic (exact) mass is 867 g/mol. The molecule has 0 unspecified atom stereocenters. The summed E-state index contributed by atoms with van der Waals surface area (Å²) in [5.41, 5.74) is -2.71. The highest BCUT2D eigenvalue weighted by molar-refractivity contribution is 7.93. The molecule has 0 N–H and O–H groups in total.